The summed E-state index contributed by atoms with van der Waals surface area (Å²) < 4.78 is 0. The summed E-state index contributed by atoms with van der Waals surface area (Å²) >= 11 is 0. The van der Waals surface area contributed by atoms with E-state index >= 15 is 0 Å². The lowest BCUT2D eigenvalue weighted by Crippen LogP contribution is -2.45. The van der Waals surface area contributed by atoms with Crippen LogP contribution >= 0.6 is 0 Å². The van der Waals surface area contributed by atoms with E-state index in [1.807, 2.05) is 18.2 Å². The standard InChI is InChI=1S/C22H24N2O/c1-23-15-5-4-6-17(23)14-24(12-11-15)16-9-10-19-18-7-2-3-8-20(18)22(25)21(19)13-16/h2-3,7-10,13,15,17H,4-6,11-12,14H2,1H3. The minimum absolute atomic E-state index is 0.179. The zero-order valence-electron chi connectivity index (χ0n) is 14.7. The van der Waals surface area contributed by atoms with Crippen molar-refractivity contribution in [2.75, 3.05) is 25.0 Å². The fourth-order valence-corrected chi connectivity index (χ4v) is 4.96. The monoisotopic (exact) mass is 332 g/mol. The Morgan fingerprint density at radius 3 is 2.52 bits per heavy atom. The highest BCUT2D eigenvalue weighted by Gasteiger charge is 2.33. The van der Waals surface area contributed by atoms with Gasteiger partial charge in [-0.3, -0.25) is 9.69 Å². The first-order chi connectivity index (χ1) is 12.2. The minimum atomic E-state index is 0.179. The van der Waals surface area contributed by atoms with Gasteiger partial charge in [-0.2, -0.15) is 0 Å². The number of hydrogen-bond acceptors (Lipinski definition) is 3. The van der Waals surface area contributed by atoms with Crippen LogP contribution < -0.4 is 4.90 Å². The Labute approximate surface area is 149 Å². The summed E-state index contributed by atoms with van der Waals surface area (Å²) in [5, 5.41) is 0. The van der Waals surface area contributed by atoms with Gasteiger partial charge >= 0.3 is 0 Å². The Hall–Kier alpha value is -2.13. The molecule has 128 valence electrons. The van der Waals surface area contributed by atoms with E-state index in [1.54, 1.807) is 0 Å². The van der Waals surface area contributed by atoms with Gasteiger partial charge in [0.05, 0.1) is 0 Å². The van der Waals surface area contributed by atoms with E-state index in [9.17, 15) is 4.79 Å². The molecule has 5 rings (SSSR count). The van der Waals surface area contributed by atoms with Crippen LogP contribution in [0.4, 0.5) is 5.69 Å². The molecule has 25 heavy (non-hydrogen) atoms. The highest BCUT2D eigenvalue weighted by Crippen LogP contribution is 2.39. The number of benzene rings is 2. The van der Waals surface area contributed by atoms with Crippen LogP contribution in [0.1, 0.15) is 41.6 Å². The van der Waals surface area contributed by atoms with Gasteiger partial charge in [0.2, 0.25) is 0 Å². The SMILES string of the molecule is CN1C2CCCC1CN(c1ccc3c(c1)C(=O)c1ccccc1-3)CC2. The normalized spacial score (nSPS) is 25.5. The maximum atomic E-state index is 12.8. The fourth-order valence-electron chi connectivity index (χ4n) is 4.96. The second kappa shape index (κ2) is 5.70. The van der Waals surface area contributed by atoms with Crippen LogP contribution in [0.15, 0.2) is 42.5 Å². The first-order valence-electron chi connectivity index (χ1n) is 9.47. The third-order valence-corrected chi connectivity index (χ3v) is 6.46. The van der Waals surface area contributed by atoms with Crippen LogP contribution in [-0.2, 0) is 0 Å². The molecule has 2 aromatic rings. The van der Waals surface area contributed by atoms with Crippen molar-refractivity contribution in [1.82, 2.24) is 4.90 Å². The Balaban J connectivity index is 1.49. The van der Waals surface area contributed by atoms with E-state index < -0.39 is 0 Å². The highest BCUT2D eigenvalue weighted by molar-refractivity contribution is 6.22. The summed E-state index contributed by atoms with van der Waals surface area (Å²) in [6.07, 6.45) is 5.20. The maximum absolute atomic E-state index is 12.8. The molecule has 1 aliphatic carbocycles. The number of carbonyl (C=O) groups is 1. The van der Waals surface area contributed by atoms with Crippen molar-refractivity contribution in [3.63, 3.8) is 0 Å². The molecular weight excluding hydrogens is 308 g/mol. The van der Waals surface area contributed by atoms with Gasteiger partial charge in [0.1, 0.15) is 0 Å². The summed E-state index contributed by atoms with van der Waals surface area (Å²) in [6, 6.07) is 15.8. The van der Waals surface area contributed by atoms with Gasteiger partial charge in [0, 0.05) is 42.0 Å². The smallest absolute Gasteiger partial charge is 0.194 e. The number of nitrogens with zero attached hydrogens (tertiary/aromatic N) is 2. The molecule has 3 heteroatoms. The van der Waals surface area contributed by atoms with Crippen LogP contribution in [0.2, 0.25) is 0 Å². The second-order valence-corrected chi connectivity index (χ2v) is 7.74. The van der Waals surface area contributed by atoms with Crippen LogP contribution in [0.3, 0.4) is 0 Å². The van der Waals surface area contributed by atoms with Crippen LogP contribution in [0.25, 0.3) is 11.1 Å². The zero-order valence-corrected chi connectivity index (χ0v) is 14.7. The highest BCUT2D eigenvalue weighted by atomic mass is 16.1. The predicted molar refractivity (Wildman–Crippen MR) is 101 cm³/mol. The van der Waals surface area contributed by atoms with Crippen molar-refractivity contribution in [3.05, 3.63) is 53.6 Å². The Morgan fingerprint density at radius 1 is 0.880 bits per heavy atom. The number of rotatable bonds is 1. The van der Waals surface area contributed by atoms with E-state index in [-0.39, 0.29) is 5.78 Å². The van der Waals surface area contributed by atoms with Crippen molar-refractivity contribution in [2.45, 2.75) is 37.8 Å². The van der Waals surface area contributed by atoms with E-state index in [1.165, 1.54) is 31.4 Å². The zero-order chi connectivity index (χ0) is 17.0. The van der Waals surface area contributed by atoms with Crippen LogP contribution in [0, 0.1) is 0 Å². The first-order valence-corrected chi connectivity index (χ1v) is 9.47. The summed E-state index contributed by atoms with van der Waals surface area (Å²) in [5.74, 6) is 0.179. The quantitative estimate of drug-likeness (QED) is 0.674. The molecule has 2 saturated heterocycles. The molecule has 2 heterocycles. The number of ketones is 1. The van der Waals surface area contributed by atoms with E-state index in [4.69, 9.17) is 0 Å². The summed E-state index contributed by atoms with van der Waals surface area (Å²) in [7, 11) is 2.29. The van der Waals surface area contributed by atoms with Crippen molar-refractivity contribution in [1.29, 1.82) is 0 Å². The molecule has 0 N–H and O–H groups in total. The van der Waals surface area contributed by atoms with Crippen molar-refractivity contribution < 1.29 is 4.79 Å². The molecule has 0 spiro atoms. The third kappa shape index (κ3) is 2.33. The van der Waals surface area contributed by atoms with E-state index in [0.717, 1.165) is 41.4 Å². The van der Waals surface area contributed by atoms with Gasteiger partial charge < -0.3 is 4.90 Å². The lowest BCUT2D eigenvalue weighted by atomic mass is 9.96. The molecule has 2 unspecified atom stereocenters. The molecule has 0 amide bonds. The predicted octanol–water partition coefficient (Wildman–Crippen LogP) is 3.96. The molecule has 2 aromatic carbocycles. The van der Waals surface area contributed by atoms with Gasteiger partial charge in [0.25, 0.3) is 0 Å². The largest absolute Gasteiger partial charge is 0.370 e. The van der Waals surface area contributed by atoms with Gasteiger partial charge in [-0.25, -0.2) is 0 Å². The van der Waals surface area contributed by atoms with Gasteiger partial charge in [-0.15, -0.1) is 0 Å². The van der Waals surface area contributed by atoms with Crippen LogP contribution in [0.5, 0.6) is 0 Å². The van der Waals surface area contributed by atoms with E-state index in [2.05, 4.69) is 41.1 Å². The molecule has 2 bridgehead atoms. The Morgan fingerprint density at radius 2 is 1.64 bits per heavy atom. The van der Waals surface area contributed by atoms with E-state index in [0.29, 0.717) is 6.04 Å². The molecule has 2 aliphatic heterocycles. The van der Waals surface area contributed by atoms with Crippen molar-refractivity contribution in [2.24, 2.45) is 0 Å². The summed E-state index contributed by atoms with van der Waals surface area (Å²) in [5.41, 5.74) is 5.11. The molecule has 3 nitrogen and oxygen atoms in total. The lowest BCUT2D eigenvalue weighted by Gasteiger charge is -2.37. The van der Waals surface area contributed by atoms with Crippen molar-refractivity contribution in [3.8, 4) is 11.1 Å². The third-order valence-electron chi connectivity index (χ3n) is 6.46. The average molecular weight is 332 g/mol. The topological polar surface area (TPSA) is 23.6 Å². The molecule has 3 aliphatic rings. The fraction of sp³-hybridized carbons (Fsp3) is 0.409. The Kier molecular flexibility index (Phi) is 3.46. The number of hydrogen-bond donors (Lipinski definition) is 0. The van der Waals surface area contributed by atoms with Gasteiger partial charge in [-0.05, 0) is 49.6 Å². The number of likely N-dealkylation sites (N-methyl/N-ethyl adjacent to an activating group) is 1. The van der Waals surface area contributed by atoms with Gasteiger partial charge in [0.15, 0.2) is 5.78 Å². The molecule has 0 aromatic heterocycles. The number of piperidine rings is 1. The number of fused-ring (bicyclic) bond motifs is 5. The Bertz CT molecular complexity index is 844. The molecule has 2 fully saturated rings. The van der Waals surface area contributed by atoms with Gasteiger partial charge in [-0.1, -0.05) is 36.8 Å². The lowest BCUT2D eigenvalue weighted by molar-refractivity contribution is 0.104. The molecule has 0 saturated carbocycles. The van der Waals surface area contributed by atoms with Crippen molar-refractivity contribution >= 4 is 11.5 Å². The molecule has 0 radical (unpaired) electrons. The number of anilines is 1. The minimum Gasteiger partial charge on any atom is -0.370 e. The summed E-state index contributed by atoms with van der Waals surface area (Å²) in [6.45, 7) is 2.17. The maximum Gasteiger partial charge on any atom is 0.194 e. The van der Waals surface area contributed by atoms with Crippen LogP contribution in [-0.4, -0.2) is 42.9 Å². The molecule has 2 atom stereocenters. The molecular formula is C22H24N2O. The first kappa shape index (κ1) is 15.2. The summed E-state index contributed by atoms with van der Waals surface area (Å²) in [4.78, 5) is 17.9. The average Bonchev–Trinajstić information content (AvgIpc) is 2.90. The number of carbonyl (C=O) groups excluding carboxylic acids is 1. The second-order valence-electron chi connectivity index (χ2n) is 7.74.